The van der Waals surface area contributed by atoms with Crippen molar-refractivity contribution >= 4 is 34.5 Å². The standard InChI is InChI=1S/C25H21ClN4O2S/c1-15-5-7-18(8-6-15)23-28-24(32-29-23)21-16(2)30(14-20-4-3-13-31-20)25(33)27-22(21)17-9-11-19(26)12-10-17/h3-13,22H,14H2,1-2H3,(H,27,33). The number of nitrogens with zero attached hydrogens (tertiary/aromatic N) is 3. The third-order valence-electron chi connectivity index (χ3n) is 5.66. The Balaban J connectivity index is 1.59. The molecule has 1 aliphatic rings. The van der Waals surface area contributed by atoms with E-state index in [2.05, 4.69) is 10.5 Å². The van der Waals surface area contributed by atoms with Gasteiger partial charge in [0.2, 0.25) is 5.82 Å². The number of nitrogens with one attached hydrogen (secondary N) is 1. The highest BCUT2D eigenvalue weighted by atomic mass is 35.5. The summed E-state index contributed by atoms with van der Waals surface area (Å²) in [7, 11) is 0. The van der Waals surface area contributed by atoms with Crippen LogP contribution in [0, 0.1) is 6.92 Å². The van der Waals surface area contributed by atoms with Crippen molar-refractivity contribution in [2.24, 2.45) is 0 Å². The minimum Gasteiger partial charge on any atom is -0.467 e. The maximum atomic E-state index is 6.13. The summed E-state index contributed by atoms with van der Waals surface area (Å²) in [5, 5.41) is 8.94. The van der Waals surface area contributed by atoms with Crippen LogP contribution in [0.4, 0.5) is 0 Å². The number of hydrogen-bond acceptors (Lipinski definition) is 5. The molecule has 8 heteroatoms. The zero-order chi connectivity index (χ0) is 22.9. The summed E-state index contributed by atoms with van der Waals surface area (Å²) in [5.41, 5.74) is 4.81. The van der Waals surface area contributed by atoms with Crippen molar-refractivity contribution in [3.63, 3.8) is 0 Å². The quantitative estimate of drug-likeness (QED) is 0.346. The molecule has 4 aromatic rings. The molecule has 0 aliphatic carbocycles. The Morgan fingerprint density at radius 2 is 1.82 bits per heavy atom. The molecule has 5 rings (SSSR count). The molecule has 166 valence electrons. The fraction of sp³-hybridized carbons (Fsp3) is 0.160. The summed E-state index contributed by atoms with van der Waals surface area (Å²) < 4.78 is 11.3. The Morgan fingerprint density at radius 1 is 1.06 bits per heavy atom. The lowest BCUT2D eigenvalue weighted by Gasteiger charge is -2.37. The monoisotopic (exact) mass is 476 g/mol. The van der Waals surface area contributed by atoms with E-state index in [1.165, 1.54) is 5.56 Å². The largest absolute Gasteiger partial charge is 0.467 e. The van der Waals surface area contributed by atoms with E-state index in [1.807, 2.05) is 79.4 Å². The average Bonchev–Trinajstić information content (AvgIpc) is 3.50. The van der Waals surface area contributed by atoms with Crippen molar-refractivity contribution in [2.45, 2.75) is 26.4 Å². The summed E-state index contributed by atoms with van der Waals surface area (Å²) in [6, 6.07) is 19.2. The summed E-state index contributed by atoms with van der Waals surface area (Å²) in [4.78, 5) is 6.72. The zero-order valence-corrected chi connectivity index (χ0v) is 19.7. The predicted molar refractivity (Wildman–Crippen MR) is 131 cm³/mol. The second-order valence-electron chi connectivity index (χ2n) is 7.89. The molecule has 0 radical (unpaired) electrons. The molecule has 1 unspecified atom stereocenters. The second-order valence-corrected chi connectivity index (χ2v) is 8.71. The van der Waals surface area contributed by atoms with Crippen molar-refractivity contribution in [3.05, 3.63) is 100 Å². The van der Waals surface area contributed by atoms with Crippen molar-refractivity contribution < 1.29 is 8.94 Å². The highest BCUT2D eigenvalue weighted by Gasteiger charge is 2.34. The van der Waals surface area contributed by atoms with E-state index in [9.17, 15) is 0 Å². The van der Waals surface area contributed by atoms with Crippen LogP contribution in [0.25, 0.3) is 17.0 Å². The summed E-state index contributed by atoms with van der Waals surface area (Å²) in [5.74, 6) is 1.77. The molecule has 6 nitrogen and oxygen atoms in total. The van der Waals surface area contributed by atoms with Gasteiger partial charge in [-0.15, -0.1) is 0 Å². The fourth-order valence-electron chi connectivity index (χ4n) is 3.87. The third kappa shape index (κ3) is 4.29. The van der Waals surface area contributed by atoms with E-state index in [0.717, 1.165) is 28.2 Å². The van der Waals surface area contributed by atoms with Crippen molar-refractivity contribution in [1.29, 1.82) is 0 Å². The summed E-state index contributed by atoms with van der Waals surface area (Å²) in [6.07, 6.45) is 1.65. The SMILES string of the molecule is CC1=C(c2nc(-c3ccc(C)cc3)no2)C(c2ccc(Cl)cc2)NC(=S)N1Cc1ccco1. The van der Waals surface area contributed by atoms with Gasteiger partial charge in [0.1, 0.15) is 5.76 Å². The van der Waals surface area contributed by atoms with Crippen LogP contribution in [0.15, 0.2) is 81.6 Å². The molecule has 0 fully saturated rings. The summed E-state index contributed by atoms with van der Waals surface area (Å²) in [6.45, 7) is 4.53. The summed E-state index contributed by atoms with van der Waals surface area (Å²) >= 11 is 11.9. The number of benzene rings is 2. The molecule has 0 saturated carbocycles. The van der Waals surface area contributed by atoms with Gasteiger partial charge in [0, 0.05) is 16.3 Å². The van der Waals surface area contributed by atoms with Gasteiger partial charge in [0.25, 0.3) is 5.89 Å². The molecule has 3 heterocycles. The molecule has 1 N–H and O–H groups in total. The lowest BCUT2D eigenvalue weighted by molar-refractivity contribution is 0.382. The molecule has 0 saturated heterocycles. The number of aryl methyl sites for hydroxylation is 1. The predicted octanol–water partition coefficient (Wildman–Crippen LogP) is 6.15. The van der Waals surface area contributed by atoms with Crippen molar-refractivity contribution in [2.75, 3.05) is 0 Å². The average molecular weight is 477 g/mol. The number of halogens is 1. The number of hydrogen-bond donors (Lipinski definition) is 1. The highest BCUT2D eigenvalue weighted by molar-refractivity contribution is 7.80. The number of allylic oxidation sites excluding steroid dienone is 1. The normalized spacial score (nSPS) is 16.3. The van der Waals surface area contributed by atoms with Gasteiger partial charge >= 0.3 is 0 Å². The molecule has 0 amide bonds. The van der Waals surface area contributed by atoms with Crippen molar-refractivity contribution in [3.8, 4) is 11.4 Å². The zero-order valence-electron chi connectivity index (χ0n) is 18.1. The molecule has 1 atom stereocenters. The molecular weight excluding hydrogens is 456 g/mol. The molecular formula is C25H21ClN4O2S. The van der Waals surface area contributed by atoms with Crippen LogP contribution in [-0.4, -0.2) is 20.2 Å². The van der Waals surface area contributed by atoms with Crippen LogP contribution in [0.1, 0.15) is 35.7 Å². The van der Waals surface area contributed by atoms with Crippen LogP contribution >= 0.6 is 23.8 Å². The fourth-order valence-corrected chi connectivity index (χ4v) is 4.31. The number of thiocarbonyl (C=S) groups is 1. The van der Waals surface area contributed by atoms with E-state index in [0.29, 0.717) is 28.4 Å². The van der Waals surface area contributed by atoms with Crippen LogP contribution in [0.3, 0.4) is 0 Å². The van der Waals surface area contributed by atoms with Crippen LogP contribution in [0.2, 0.25) is 5.02 Å². The molecule has 0 spiro atoms. The van der Waals surface area contributed by atoms with Gasteiger partial charge in [-0.3, -0.25) is 0 Å². The van der Waals surface area contributed by atoms with Gasteiger partial charge < -0.3 is 19.2 Å². The van der Waals surface area contributed by atoms with Gasteiger partial charge in [-0.1, -0.05) is 58.7 Å². The van der Waals surface area contributed by atoms with E-state index < -0.39 is 0 Å². The van der Waals surface area contributed by atoms with E-state index >= 15 is 0 Å². The van der Waals surface area contributed by atoms with E-state index in [1.54, 1.807) is 6.26 Å². The number of aromatic nitrogens is 2. The maximum absolute atomic E-state index is 6.13. The first-order valence-corrected chi connectivity index (χ1v) is 11.3. The first-order valence-electron chi connectivity index (χ1n) is 10.5. The Bertz CT molecular complexity index is 1310. The third-order valence-corrected chi connectivity index (χ3v) is 6.25. The first kappa shape index (κ1) is 21.4. The van der Waals surface area contributed by atoms with Gasteiger partial charge in [-0.05, 0) is 55.9 Å². The Kier molecular flexibility index (Phi) is 5.74. The molecule has 33 heavy (non-hydrogen) atoms. The topological polar surface area (TPSA) is 67.3 Å². The highest BCUT2D eigenvalue weighted by Crippen LogP contribution is 2.38. The van der Waals surface area contributed by atoms with Crippen molar-refractivity contribution in [1.82, 2.24) is 20.4 Å². The van der Waals surface area contributed by atoms with Crippen LogP contribution in [-0.2, 0) is 6.54 Å². The number of rotatable bonds is 5. The first-order chi connectivity index (χ1) is 16.0. The minimum atomic E-state index is -0.270. The Hall–Kier alpha value is -3.42. The lowest BCUT2D eigenvalue weighted by Crippen LogP contribution is -2.45. The van der Waals surface area contributed by atoms with Gasteiger partial charge in [-0.25, -0.2) is 0 Å². The number of furan rings is 1. The smallest absolute Gasteiger partial charge is 0.258 e. The van der Waals surface area contributed by atoms with Gasteiger partial charge in [-0.2, -0.15) is 4.98 Å². The minimum absolute atomic E-state index is 0.270. The molecule has 1 aliphatic heterocycles. The Morgan fingerprint density at radius 3 is 2.52 bits per heavy atom. The second kappa shape index (κ2) is 8.84. The van der Waals surface area contributed by atoms with Crippen LogP contribution < -0.4 is 5.32 Å². The van der Waals surface area contributed by atoms with Gasteiger partial charge in [0.15, 0.2) is 5.11 Å². The lowest BCUT2D eigenvalue weighted by atomic mass is 9.95. The Labute approximate surface area is 201 Å². The maximum Gasteiger partial charge on any atom is 0.258 e. The van der Waals surface area contributed by atoms with Crippen LogP contribution in [0.5, 0.6) is 0 Å². The van der Waals surface area contributed by atoms with Gasteiger partial charge in [0.05, 0.1) is 24.4 Å². The van der Waals surface area contributed by atoms with E-state index in [4.69, 9.17) is 37.7 Å². The van der Waals surface area contributed by atoms with E-state index in [-0.39, 0.29) is 6.04 Å². The molecule has 2 aromatic carbocycles. The molecule has 2 aromatic heterocycles. The molecule has 0 bridgehead atoms.